The van der Waals surface area contributed by atoms with Crippen molar-refractivity contribution < 1.29 is 18.7 Å². The molecule has 0 saturated carbocycles. The number of rotatable bonds is 5. The topological polar surface area (TPSA) is 47.6 Å². The average molecular weight is 346 g/mol. The van der Waals surface area contributed by atoms with Gasteiger partial charge in [-0.1, -0.05) is 0 Å². The van der Waals surface area contributed by atoms with Crippen LogP contribution in [0.5, 0.6) is 5.75 Å². The van der Waals surface area contributed by atoms with Gasteiger partial charge in [-0.05, 0) is 52.9 Å². The molecular weight excluding hydrogens is 329 g/mol. The summed E-state index contributed by atoms with van der Waals surface area (Å²) in [6, 6.07) is 4.08. The molecule has 0 bridgehead atoms. The molecule has 1 aromatic rings. The van der Waals surface area contributed by atoms with E-state index in [4.69, 9.17) is 9.47 Å². The van der Waals surface area contributed by atoms with Gasteiger partial charge in [0, 0.05) is 13.2 Å². The molecule has 1 saturated heterocycles. The van der Waals surface area contributed by atoms with E-state index in [1.54, 1.807) is 0 Å². The summed E-state index contributed by atoms with van der Waals surface area (Å²) >= 11 is 3.19. The van der Waals surface area contributed by atoms with Crippen LogP contribution in [0.25, 0.3) is 0 Å². The Balaban J connectivity index is 1.71. The van der Waals surface area contributed by atoms with E-state index in [2.05, 4.69) is 21.2 Å². The van der Waals surface area contributed by atoms with Crippen LogP contribution >= 0.6 is 15.9 Å². The number of halogens is 2. The molecule has 1 aliphatic rings. The second-order valence-electron chi connectivity index (χ2n) is 4.75. The Morgan fingerprint density at radius 1 is 1.55 bits per heavy atom. The van der Waals surface area contributed by atoms with Gasteiger partial charge >= 0.3 is 0 Å². The summed E-state index contributed by atoms with van der Waals surface area (Å²) in [4.78, 5) is 11.7. The molecule has 0 spiro atoms. The minimum atomic E-state index is -0.356. The van der Waals surface area contributed by atoms with Gasteiger partial charge in [0.2, 0.25) is 0 Å². The van der Waals surface area contributed by atoms with Gasteiger partial charge in [-0.3, -0.25) is 4.79 Å². The Hall–Kier alpha value is -1.14. The van der Waals surface area contributed by atoms with E-state index in [1.807, 2.05) is 0 Å². The second kappa shape index (κ2) is 7.59. The van der Waals surface area contributed by atoms with Crippen molar-refractivity contribution >= 4 is 21.8 Å². The highest BCUT2D eigenvalue weighted by Gasteiger charge is 2.15. The number of amides is 1. The van der Waals surface area contributed by atoms with Gasteiger partial charge in [0.1, 0.15) is 11.6 Å². The molecule has 6 heteroatoms. The smallest absolute Gasteiger partial charge is 0.257 e. The summed E-state index contributed by atoms with van der Waals surface area (Å²) in [6.07, 6.45) is 2.12. The fourth-order valence-corrected chi connectivity index (χ4v) is 2.48. The summed E-state index contributed by atoms with van der Waals surface area (Å²) < 4.78 is 24.1. The monoisotopic (exact) mass is 345 g/mol. The Kier molecular flexibility index (Phi) is 5.79. The number of carbonyl (C=O) groups is 1. The van der Waals surface area contributed by atoms with Crippen LogP contribution in [0, 0.1) is 11.7 Å². The summed E-state index contributed by atoms with van der Waals surface area (Å²) in [7, 11) is 0. The maximum Gasteiger partial charge on any atom is 0.257 e. The van der Waals surface area contributed by atoms with Crippen LogP contribution in [-0.2, 0) is 9.53 Å². The van der Waals surface area contributed by atoms with Crippen LogP contribution in [0.4, 0.5) is 4.39 Å². The molecule has 0 aromatic heterocycles. The van der Waals surface area contributed by atoms with Crippen molar-refractivity contribution in [3.63, 3.8) is 0 Å². The Morgan fingerprint density at radius 2 is 2.40 bits per heavy atom. The Bertz CT molecular complexity index is 464. The van der Waals surface area contributed by atoms with E-state index in [1.165, 1.54) is 18.2 Å². The first kappa shape index (κ1) is 15.3. The zero-order valence-corrected chi connectivity index (χ0v) is 12.6. The number of benzene rings is 1. The van der Waals surface area contributed by atoms with E-state index in [0.717, 1.165) is 19.4 Å². The largest absolute Gasteiger partial charge is 0.483 e. The normalized spacial score (nSPS) is 18.6. The van der Waals surface area contributed by atoms with Crippen molar-refractivity contribution in [2.24, 2.45) is 5.92 Å². The molecule has 1 atom stereocenters. The van der Waals surface area contributed by atoms with E-state index in [9.17, 15) is 9.18 Å². The lowest BCUT2D eigenvalue weighted by Gasteiger charge is -2.22. The van der Waals surface area contributed by atoms with Crippen LogP contribution in [-0.4, -0.2) is 32.3 Å². The Labute approximate surface area is 125 Å². The summed E-state index contributed by atoms with van der Waals surface area (Å²) in [5, 5.41) is 2.82. The molecule has 0 unspecified atom stereocenters. The standard InChI is InChI=1S/C14H17BrFNO3/c15-12-6-11(16)3-4-13(12)20-9-14(18)17-7-10-2-1-5-19-8-10/h3-4,6,10H,1-2,5,7-9H2,(H,17,18)/t10-/m0/s1. The van der Waals surface area contributed by atoms with Crippen molar-refractivity contribution in [1.82, 2.24) is 5.32 Å². The highest BCUT2D eigenvalue weighted by Crippen LogP contribution is 2.25. The molecule has 1 aromatic carbocycles. The molecule has 1 N–H and O–H groups in total. The molecule has 4 nitrogen and oxygen atoms in total. The van der Waals surface area contributed by atoms with Crippen LogP contribution in [0.2, 0.25) is 0 Å². The Morgan fingerprint density at radius 3 is 3.10 bits per heavy atom. The molecule has 1 fully saturated rings. The summed E-state index contributed by atoms with van der Waals surface area (Å²) in [5.41, 5.74) is 0. The van der Waals surface area contributed by atoms with Crippen molar-refractivity contribution in [3.05, 3.63) is 28.5 Å². The summed E-state index contributed by atoms with van der Waals surface area (Å²) in [6.45, 7) is 2.03. The van der Waals surface area contributed by atoms with E-state index < -0.39 is 0 Å². The molecule has 110 valence electrons. The van der Waals surface area contributed by atoms with Gasteiger partial charge in [0.25, 0.3) is 5.91 Å². The maximum absolute atomic E-state index is 12.9. The maximum atomic E-state index is 12.9. The van der Waals surface area contributed by atoms with Gasteiger partial charge in [-0.25, -0.2) is 4.39 Å². The van der Waals surface area contributed by atoms with Gasteiger partial charge in [0.15, 0.2) is 6.61 Å². The third-order valence-electron chi connectivity index (χ3n) is 3.10. The van der Waals surface area contributed by atoms with Crippen LogP contribution < -0.4 is 10.1 Å². The lowest BCUT2D eigenvalue weighted by Crippen LogP contribution is -2.35. The van der Waals surface area contributed by atoms with Crippen molar-refractivity contribution in [2.45, 2.75) is 12.8 Å². The lowest BCUT2D eigenvalue weighted by atomic mass is 10.0. The number of nitrogens with one attached hydrogen (secondary N) is 1. The third-order valence-corrected chi connectivity index (χ3v) is 3.71. The van der Waals surface area contributed by atoms with Gasteiger partial charge in [-0.2, -0.15) is 0 Å². The SMILES string of the molecule is O=C(COc1ccc(F)cc1Br)NC[C@@H]1CCCOC1. The fourth-order valence-electron chi connectivity index (χ4n) is 2.01. The number of hydrogen-bond acceptors (Lipinski definition) is 3. The van der Waals surface area contributed by atoms with Crippen molar-refractivity contribution in [2.75, 3.05) is 26.4 Å². The molecular formula is C14H17BrFNO3. The highest BCUT2D eigenvalue weighted by molar-refractivity contribution is 9.10. The van der Waals surface area contributed by atoms with Crippen molar-refractivity contribution in [1.29, 1.82) is 0 Å². The molecule has 20 heavy (non-hydrogen) atoms. The van der Waals surface area contributed by atoms with Gasteiger partial charge in [0.05, 0.1) is 11.1 Å². The molecule has 1 heterocycles. The van der Waals surface area contributed by atoms with E-state index in [-0.39, 0.29) is 18.3 Å². The second-order valence-corrected chi connectivity index (χ2v) is 5.61. The highest BCUT2D eigenvalue weighted by atomic mass is 79.9. The van der Waals surface area contributed by atoms with Crippen LogP contribution in [0.1, 0.15) is 12.8 Å². The lowest BCUT2D eigenvalue weighted by molar-refractivity contribution is -0.123. The molecule has 0 aliphatic carbocycles. The quantitative estimate of drug-likeness (QED) is 0.891. The van der Waals surface area contributed by atoms with E-state index in [0.29, 0.717) is 29.3 Å². The first-order valence-electron chi connectivity index (χ1n) is 6.57. The van der Waals surface area contributed by atoms with Crippen LogP contribution in [0.15, 0.2) is 22.7 Å². The zero-order valence-electron chi connectivity index (χ0n) is 11.0. The van der Waals surface area contributed by atoms with Gasteiger partial charge < -0.3 is 14.8 Å². The minimum Gasteiger partial charge on any atom is -0.483 e. The first-order chi connectivity index (χ1) is 9.65. The first-order valence-corrected chi connectivity index (χ1v) is 7.37. The number of ether oxygens (including phenoxy) is 2. The third kappa shape index (κ3) is 4.76. The molecule has 0 radical (unpaired) electrons. The molecule has 1 aliphatic heterocycles. The molecule has 1 amide bonds. The summed E-state index contributed by atoms with van der Waals surface area (Å²) in [5.74, 6) is 0.283. The predicted molar refractivity (Wildman–Crippen MR) is 76.1 cm³/mol. The van der Waals surface area contributed by atoms with E-state index >= 15 is 0 Å². The molecule has 2 rings (SSSR count). The number of carbonyl (C=O) groups excluding carboxylic acids is 1. The fraction of sp³-hybridized carbons (Fsp3) is 0.500. The number of hydrogen-bond donors (Lipinski definition) is 1. The minimum absolute atomic E-state index is 0.0855. The van der Waals surface area contributed by atoms with Crippen LogP contribution in [0.3, 0.4) is 0 Å². The predicted octanol–water partition coefficient (Wildman–Crippen LogP) is 2.51. The zero-order chi connectivity index (χ0) is 14.4. The average Bonchev–Trinajstić information content (AvgIpc) is 2.45. The van der Waals surface area contributed by atoms with Crippen molar-refractivity contribution in [3.8, 4) is 5.75 Å². The van der Waals surface area contributed by atoms with Gasteiger partial charge in [-0.15, -0.1) is 0 Å².